The second-order valence-corrected chi connectivity index (χ2v) is 3.85. The monoisotopic (exact) mass is 216 g/mol. The number of rotatable bonds is 0. The number of hydrogen-bond acceptors (Lipinski definition) is 0. The SMILES string of the molecule is C1CCCCC1.CC.CC.CC(C)C.[2HH].[B]. The molecule has 0 aromatic rings. The predicted octanol–water partition coefficient (Wildman–Crippen LogP) is 5.92. The molecular weight excluding hydrogens is 179 g/mol. The molecular formula is C14H36B. The zero-order valence-corrected chi connectivity index (χ0v) is 12.4. The van der Waals surface area contributed by atoms with Crippen molar-refractivity contribution < 1.29 is 1.43 Å². The molecule has 0 aromatic heterocycles. The lowest BCUT2D eigenvalue weighted by atomic mass is 10.0. The van der Waals surface area contributed by atoms with E-state index in [0.29, 0.717) is 0 Å². The van der Waals surface area contributed by atoms with Gasteiger partial charge in [0, 0.05) is 9.84 Å². The van der Waals surface area contributed by atoms with Crippen molar-refractivity contribution in [2.75, 3.05) is 0 Å². The van der Waals surface area contributed by atoms with Gasteiger partial charge in [-0.05, 0) is 5.92 Å². The van der Waals surface area contributed by atoms with Crippen molar-refractivity contribution in [1.29, 1.82) is 0 Å². The molecule has 1 heteroatoms. The maximum Gasteiger partial charge on any atom is 0 e. The number of hydrogen-bond donors (Lipinski definition) is 0. The molecule has 0 bridgehead atoms. The molecule has 0 N–H and O–H groups in total. The fourth-order valence-electron chi connectivity index (χ4n) is 1.06. The maximum absolute atomic E-state index is 2.17. The molecule has 0 spiro atoms. The van der Waals surface area contributed by atoms with Crippen molar-refractivity contribution in [3.63, 3.8) is 0 Å². The smallest absolute Gasteiger partial charge is 0 e. The average Bonchev–Trinajstić information content (AvgIpc) is 2.25. The summed E-state index contributed by atoms with van der Waals surface area (Å²) in [5.74, 6) is 0.833. The summed E-state index contributed by atoms with van der Waals surface area (Å²) in [6, 6.07) is 0. The van der Waals surface area contributed by atoms with Crippen LogP contribution in [0.1, 0.15) is 88.4 Å². The van der Waals surface area contributed by atoms with Crippen LogP contribution in [0.2, 0.25) is 0 Å². The van der Waals surface area contributed by atoms with Crippen molar-refractivity contribution in [3.05, 3.63) is 0 Å². The van der Waals surface area contributed by atoms with Crippen LogP contribution in [0.4, 0.5) is 0 Å². The minimum Gasteiger partial charge on any atom is -0.0683 e. The molecule has 15 heavy (non-hydrogen) atoms. The van der Waals surface area contributed by atoms with E-state index in [1.807, 2.05) is 27.7 Å². The summed E-state index contributed by atoms with van der Waals surface area (Å²) >= 11 is 0. The van der Waals surface area contributed by atoms with Gasteiger partial charge in [-0.2, -0.15) is 0 Å². The van der Waals surface area contributed by atoms with Gasteiger partial charge in [-0.25, -0.2) is 0 Å². The third-order valence-corrected chi connectivity index (χ3v) is 1.50. The van der Waals surface area contributed by atoms with E-state index in [0.717, 1.165) is 5.92 Å². The van der Waals surface area contributed by atoms with Gasteiger partial charge >= 0.3 is 0 Å². The Hall–Kier alpha value is 0.0649. The molecule has 0 saturated heterocycles. The predicted molar refractivity (Wildman–Crippen MR) is 78.8 cm³/mol. The summed E-state index contributed by atoms with van der Waals surface area (Å²) in [5, 5.41) is 0. The van der Waals surface area contributed by atoms with E-state index >= 15 is 0 Å². The first-order valence-corrected chi connectivity index (χ1v) is 6.73. The van der Waals surface area contributed by atoms with Gasteiger partial charge in [-0.15, -0.1) is 0 Å². The molecule has 0 amide bonds. The Kier molecular flexibility index (Phi) is 47.4. The molecule has 0 aliphatic heterocycles. The summed E-state index contributed by atoms with van der Waals surface area (Å²) in [7, 11) is 0. The van der Waals surface area contributed by atoms with Crippen molar-refractivity contribution in [2.24, 2.45) is 5.92 Å². The molecule has 1 fully saturated rings. The highest BCUT2D eigenvalue weighted by Gasteiger charge is 1.95. The van der Waals surface area contributed by atoms with Gasteiger partial charge in [0.05, 0.1) is 0 Å². The topological polar surface area (TPSA) is 0 Å². The van der Waals surface area contributed by atoms with Crippen LogP contribution in [0.5, 0.6) is 0 Å². The van der Waals surface area contributed by atoms with Gasteiger partial charge in [0.25, 0.3) is 0 Å². The second-order valence-electron chi connectivity index (χ2n) is 3.85. The lowest BCUT2D eigenvalue weighted by Gasteiger charge is -2.05. The Morgan fingerprint density at radius 3 is 0.733 bits per heavy atom. The summed E-state index contributed by atoms with van der Waals surface area (Å²) < 4.78 is 0. The molecule has 1 rings (SSSR count). The first-order chi connectivity index (χ1) is 6.73. The van der Waals surface area contributed by atoms with E-state index in [4.69, 9.17) is 0 Å². The molecule has 1 aliphatic carbocycles. The first-order valence-electron chi connectivity index (χ1n) is 6.73. The highest BCUT2D eigenvalue weighted by molar-refractivity contribution is 5.75. The molecule has 0 heterocycles. The van der Waals surface area contributed by atoms with E-state index in [9.17, 15) is 0 Å². The van der Waals surface area contributed by atoms with E-state index in [-0.39, 0.29) is 9.84 Å². The van der Waals surface area contributed by atoms with Gasteiger partial charge < -0.3 is 0 Å². The molecule has 95 valence electrons. The molecule has 0 aromatic carbocycles. The molecule has 0 atom stereocenters. The minimum absolute atomic E-state index is 0. The maximum atomic E-state index is 2.17. The lowest BCUT2D eigenvalue weighted by Crippen LogP contribution is -1.85. The van der Waals surface area contributed by atoms with E-state index < -0.39 is 0 Å². The highest BCUT2D eigenvalue weighted by Crippen LogP contribution is 2.15. The standard InChI is InChI=1S/C6H12.C4H10.2C2H6.B.H2/c1-2-4-6-5-3-1;1-4(2)3;2*1-2;;/h1-6H2;4H,1-3H3;2*1-2H3;;1H/i;;;;;1+1. The molecule has 0 unspecified atom stereocenters. The van der Waals surface area contributed by atoms with Gasteiger partial charge in [-0.1, -0.05) is 87.0 Å². The molecule has 3 radical (unpaired) electrons. The second kappa shape index (κ2) is 29.2. The van der Waals surface area contributed by atoms with Gasteiger partial charge in [0.1, 0.15) is 0 Å². The van der Waals surface area contributed by atoms with Crippen LogP contribution in [0, 0.1) is 5.92 Å². The van der Waals surface area contributed by atoms with Crippen LogP contribution < -0.4 is 0 Å². The zero-order valence-electron chi connectivity index (χ0n) is 12.4. The summed E-state index contributed by atoms with van der Waals surface area (Å²) in [6.45, 7) is 14.5. The Morgan fingerprint density at radius 1 is 0.600 bits per heavy atom. The van der Waals surface area contributed by atoms with Crippen LogP contribution >= 0.6 is 0 Å². The minimum atomic E-state index is 0. The quantitative estimate of drug-likeness (QED) is 0.441. The summed E-state index contributed by atoms with van der Waals surface area (Å²) in [5.41, 5.74) is 0. The molecule has 1 saturated carbocycles. The highest BCUT2D eigenvalue weighted by atomic mass is 14.0. The van der Waals surface area contributed by atoms with Gasteiger partial charge in [0.2, 0.25) is 0 Å². The normalized spacial score (nSPS) is 12.8. The largest absolute Gasteiger partial charge is 0.0683 e. The Bertz CT molecular complexity index is 47.5. The zero-order chi connectivity index (χ0) is 11.8. The van der Waals surface area contributed by atoms with Crippen LogP contribution in [-0.4, -0.2) is 8.41 Å². The third kappa shape index (κ3) is 55.7. The molecule has 1 aliphatic rings. The van der Waals surface area contributed by atoms with Gasteiger partial charge in [-0.3, -0.25) is 0 Å². The fourth-order valence-corrected chi connectivity index (χ4v) is 1.06. The van der Waals surface area contributed by atoms with Gasteiger partial charge in [0.15, 0.2) is 0 Å². The van der Waals surface area contributed by atoms with Crippen molar-refractivity contribution in [2.45, 2.75) is 87.0 Å². The average molecular weight is 216 g/mol. The van der Waals surface area contributed by atoms with Crippen LogP contribution in [0.3, 0.4) is 0 Å². The fraction of sp³-hybridized carbons (Fsp3) is 1.00. The Balaban J connectivity index is -0.0000000364. The Labute approximate surface area is 103 Å². The summed E-state index contributed by atoms with van der Waals surface area (Å²) in [6.07, 6.45) is 9.00. The third-order valence-electron chi connectivity index (χ3n) is 1.50. The summed E-state index contributed by atoms with van der Waals surface area (Å²) in [4.78, 5) is 0. The molecule has 0 nitrogen and oxygen atoms in total. The van der Waals surface area contributed by atoms with E-state index in [1.54, 1.807) is 0 Å². The van der Waals surface area contributed by atoms with Crippen LogP contribution in [0.15, 0.2) is 0 Å². The van der Waals surface area contributed by atoms with Crippen molar-refractivity contribution in [1.82, 2.24) is 0 Å². The van der Waals surface area contributed by atoms with Crippen molar-refractivity contribution >= 4 is 8.41 Å². The van der Waals surface area contributed by atoms with E-state index in [2.05, 4.69) is 20.8 Å². The van der Waals surface area contributed by atoms with Crippen LogP contribution in [0.25, 0.3) is 0 Å². The van der Waals surface area contributed by atoms with E-state index in [1.165, 1.54) is 38.5 Å². The lowest BCUT2D eigenvalue weighted by molar-refractivity contribution is 0.504. The first kappa shape index (κ1) is 24.3. The Morgan fingerprint density at radius 2 is 0.667 bits per heavy atom. The van der Waals surface area contributed by atoms with Crippen LogP contribution in [-0.2, 0) is 0 Å². The van der Waals surface area contributed by atoms with Crippen molar-refractivity contribution in [3.8, 4) is 0 Å².